The number of benzene rings is 1. The average molecular weight is 258 g/mol. The third-order valence-corrected chi connectivity index (χ3v) is 2.93. The fourth-order valence-electron chi connectivity index (χ4n) is 1.80. The first kappa shape index (κ1) is 13.3. The molecule has 1 aromatic heterocycles. The molecule has 19 heavy (non-hydrogen) atoms. The Hall–Kier alpha value is -2.14. The van der Waals surface area contributed by atoms with Gasteiger partial charge in [-0.3, -0.25) is 4.79 Å². The minimum atomic E-state index is -0.123. The van der Waals surface area contributed by atoms with Crippen LogP contribution in [0.25, 0.3) is 0 Å². The Bertz CT molecular complexity index is 589. The number of aryl methyl sites for hydroxylation is 1. The summed E-state index contributed by atoms with van der Waals surface area (Å²) in [6.07, 6.45) is 4.12. The summed E-state index contributed by atoms with van der Waals surface area (Å²) in [6.45, 7) is 1.23. The van der Waals surface area contributed by atoms with E-state index in [0.29, 0.717) is 18.9 Å². The van der Waals surface area contributed by atoms with Gasteiger partial charge in [0, 0.05) is 26.0 Å². The zero-order chi connectivity index (χ0) is 13.7. The summed E-state index contributed by atoms with van der Waals surface area (Å²) < 4.78 is 1.50. The van der Waals surface area contributed by atoms with Crippen LogP contribution in [0.3, 0.4) is 0 Å². The molecule has 5 nitrogen and oxygen atoms in total. The van der Waals surface area contributed by atoms with E-state index in [1.54, 1.807) is 19.4 Å². The lowest BCUT2D eigenvalue weighted by molar-refractivity contribution is 0.839. The van der Waals surface area contributed by atoms with Gasteiger partial charge in [0.25, 0.3) is 5.56 Å². The highest BCUT2D eigenvalue weighted by Gasteiger charge is 2.01. The fraction of sp³-hybridized carbons (Fsp3) is 0.286. The maximum absolute atomic E-state index is 11.8. The zero-order valence-corrected chi connectivity index (χ0v) is 11.0. The Balaban J connectivity index is 2.02. The number of anilines is 1. The van der Waals surface area contributed by atoms with E-state index < -0.39 is 0 Å². The van der Waals surface area contributed by atoms with Crippen molar-refractivity contribution in [2.45, 2.75) is 13.0 Å². The van der Waals surface area contributed by atoms with Crippen molar-refractivity contribution in [2.75, 3.05) is 11.9 Å². The van der Waals surface area contributed by atoms with Crippen molar-refractivity contribution >= 4 is 5.82 Å². The average Bonchev–Trinajstić information content (AvgIpc) is 2.42. The molecule has 0 aliphatic rings. The lowest BCUT2D eigenvalue weighted by atomic mass is 10.1. The van der Waals surface area contributed by atoms with E-state index in [-0.39, 0.29) is 5.56 Å². The van der Waals surface area contributed by atoms with E-state index in [4.69, 9.17) is 5.73 Å². The van der Waals surface area contributed by atoms with Gasteiger partial charge in [0.2, 0.25) is 0 Å². The van der Waals surface area contributed by atoms with Gasteiger partial charge in [0.05, 0.1) is 0 Å². The Labute approximate surface area is 112 Å². The van der Waals surface area contributed by atoms with Crippen molar-refractivity contribution < 1.29 is 0 Å². The third-order valence-electron chi connectivity index (χ3n) is 2.93. The van der Waals surface area contributed by atoms with Gasteiger partial charge < -0.3 is 15.6 Å². The molecule has 0 unspecified atom stereocenters. The number of aromatic nitrogens is 2. The fourth-order valence-corrected chi connectivity index (χ4v) is 1.80. The molecule has 0 saturated carbocycles. The Kier molecular flexibility index (Phi) is 4.30. The van der Waals surface area contributed by atoms with E-state index in [0.717, 1.165) is 12.0 Å². The molecule has 0 radical (unpaired) electrons. The van der Waals surface area contributed by atoms with Gasteiger partial charge in [-0.05, 0) is 24.1 Å². The van der Waals surface area contributed by atoms with Crippen molar-refractivity contribution in [3.63, 3.8) is 0 Å². The minimum absolute atomic E-state index is 0.123. The molecule has 0 aliphatic carbocycles. The van der Waals surface area contributed by atoms with Crippen molar-refractivity contribution in [3.05, 3.63) is 58.1 Å². The van der Waals surface area contributed by atoms with Gasteiger partial charge in [-0.15, -0.1) is 0 Å². The minimum Gasteiger partial charge on any atom is -0.361 e. The largest absolute Gasteiger partial charge is 0.361 e. The number of hydrogen-bond donors (Lipinski definition) is 2. The first-order chi connectivity index (χ1) is 9.20. The van der Waals surface area contributed by atoms with E-state index in [2.05, 4.69) is 22.4 Å². The number of nitrogens with one attached hydrogen (secondary N) is 1. The molecule has 2 aromatic rings. The molecular weight excluding hydrogens is 240 g/mol. The predicted molar refractivity (Wildman–Crippen MR) is 76.0 cm³/mol. The quantitative estimate of drug-likeness (QED) is 0.835. The van der Waals surface area contributed by atoms with Crippen LogP contribution in [0.5, 0.6) is 0 Å². The van der Waals surface area contributed by atoms with Crippen LogP contribution in [0.2, 0.25) is 0 Å². The molecule has 0 spiro atoms. The van der Waals surface area contributed by atoms with Crippen molar-refractivity contribution in [1.29, 1.82) is 0 Å². The number of rotatable bonds is 5. The standard InChI is InChI=1S/C14H18N4O/c1-18-9-8-16-13(14(18)19)17-10-12-4-2-11(3-5-12)6-7-15/h2-5,8-9H,6-7,10,15H2,1H3,(H,16,17). The normalized spacial score (nSPS) is 10.4. The van der Waals surface area contributed by atoms with Gasteiger partial charge in [0.15, 0.2) is 5.82 Å². The first-order valence-electron chi connectivity index (χ1n) is 6.24. The molecule has 1 aromatic carbocycles. The summed E-state index contributed by atoms with van der Waals surface area (Å²) in [5.74, 6) is 0.371. The predicted octanol–water partition coefficient (Wildman–Crippen LogP) is 0.894. The molecule has 100 valence electrons. The van der Waals surface area contributed by atoms with E-state index >= 15 is 0 Å². The second-order valence-electron chi connectivity index (χ2n) is 4.40. The molecule has 0 bridgehead atoms. The van der Waals surface area contributed by atoms with Gasteiger partial charge in [0.1, 0.15) is 0 Å². The molecule has 3 N–H and O–H groups in total. The maximum Gasteiger partial charge on any atom is 0.293 e. The topological polar surface area (TPSA) is 72.9 Å². The van der Waals surface area contributed by atoms with Crippen LogP contribution in [-0.2, 0) is 20.0 Å². The Morgan fingerprint density at radius 1 is 1.26 bits per heavy atom. The molecule has 0 fully saturated rings. The van der Waals surface area contributed by atoms with Crippen LogP contribution in [0.15, 0.2) is 41.5 Å². The Morgan fingerprint density at radius 2 is 1.95 bits per heavy atom. The van der Waals surface area contributed by atoms with E-state index in [1.807, 2.05) is 12.1 Å². The smallest absolute Gasteiger partial charge is 0.293 e. The van der Waals surface area contributed by atoms with Crippen molar-refractivity contribution in [2.24, 2.45) is 12.8 Å². The zero-order valence-electron chi connectivity index (χ0n) is 11.0. The second kappa shape index (κ2) is 6.15. The molecule has 1 heterocycles. The third kappa shape index (κ3) is 3.42. The van der Waals surface area contributed by atoms with Gasteiger partial charge in [-0.2, -0.15) is 0 Å². The lowest BCUT2D eigenvalue weighted by Crippen LogP contribution is -2.21. The highest BCUT2D eigenvalue weighted by Crippen LogP contribution is 2.06. The molecule has 0 aliphatic heterocycles. The molecule has 0 amide bonds. The SMILES string of the molecule is Cn1ccnc(NCc2ccc(CCN)cc2)c1=O. The monoisotopic (exact) mass is 258 g/mol. The summed E-state index contributed by atoms with van der Waals surface area (Å²) in [4.78, 5) is 15.8. The summed E-state index contributed by atoms with van der Waals surface area (Å²) >= 11 is 0. The summed E-state index contributed by atoms with van der Waals surface area (Å²) in [7, 11) is 1.71. The second-order valence-corrected chi connectivity index (χ2v) is 4.40. The van der Waals surface area contributed by atoms with Crippen LogP contribution in [0.4, 0.5) is 5.82 Å². The van der Waals surface area contributed by atoms with Crippen LogP contribution in [0, 0.1) is 0 Å². The van der Waals surface area contributed by atoms with E-state index in [9.17, 15) is 4.79 Å². The van der Waals surface area contributed by atoms with Crippen LogP contribution in [-0.4, -0.2) is 16.1 Å². The molecule has 0 atom stereocenters. The van der Waals surface area contributed by atoms with E-state index in [1.165, 1.54) is 10.1 Å². The van der Waals surface area contributed by atoms with Gasteiger partial charge in [-0.1, -0.05) is 24.3 Å². The number of nitrogens with zero attached hydrogens (tertiary/aromatic N) is 2. The number of hydrogen-bond acceptors (Lipinski definition) is 4. The van der Waals surface area contributed by atoms with Gasteiger partial charge in [-0.25, -0.2) is 4.98 Å². The van der Waals surface area contributed by atoms with Crippen LogP contribution >= 0.6 is 0 Å². The van der Waals surface area contributed by atoms with Gasteiger partial charge >= 0.3 is 0 Å². The highest BCUT2D eigenvalue weighted by atomic mass is 16.1. The molecular formula is C14H18N4O. The summed E-state index contributed by atoms with van der Waals surface area (Å²) in [5, 5.41) is 3.05. The highest BCUT2D eigenvalue weighted by molar-refractivity contribution is 5.33. The molecule has 2 rings (SSSR count). The number of nitrogens with two attached hydrogens (primary N) is 1. The van der Waals surface area contributed by atoms with Crippen molar-refractivity contribution in [3.8, 4) is 0 Å². The van der Waals surface area contributed by atoms with Crippen LogP contribution < -0.4 is 16.6 Å². The summed E-state index contributed by atoms with van der Waals surface area (Å²) in [6, 6.07) is 8.18. The molecule has 0 saturated heterocycles. The maximum atomic E-state index is 11.8. The Morgan fingerprint density at radius 3 is 2.63 bits per heavy atom. The lowest BCUT2D eigenvalue weighted by Gasteiger charge is -2.07. The first-order valence-corrected chi connectivity index (χ1v) is 6.24. The van der Waals surface area contributed by atoms with Crippen LogP contribution in [0.1, 0.15) is 11.1 Å². The van der Waals surface area contributed by atoms with Crippen molar-refractivity contribution in [1.82, 2.24) is 9.55 Å². The molecule has 5 heteroatoms. The summed E-state index contributed by atoms with van der Waals surface area (Å²) in [5.41, 5.74) is 7.71.